The van der Waals surface area contributed by atoms with E-state index in [4.69, 9.17) is 0 Å². The molecular weight excluding hydrogens is 374 g/mol. The molecule has 3 N–H and O–H groups in total. The maximum absolute atomic E-state index is 13.1. The fourth-order valence-corrected chi connectivity index (χ4v) is 3.79. The summed E-state index contributed by atoms with van der Waals surface area (Å²) in [6.07, 6.45) is 2.55. The van der Waals surface area contributed by atoms with E-state index in [0.29, 0.717) is 5.82 Å². The van der Waals surface area contributed by atoms with Crippen LogP contribution in [0.4, 0.5) is 11.5 Å². The lowest BCUT2D eigenvalue weighted by Gasteiger charge is -2.13. The van der Waals surface area contributed by atoms with E-state index < -0.39 is 0 Å². The van der Waals surface area contributed by atoms with Gasteiger partial charge in [0.15, 0.2) is 0 Å². The maximum Gasteiger partial charge on any atom is 0.332 e. The number of nitrogens with one attached hydrogen (secondary N) is 3. The maximum atomic E-state index is 13.1. The largest absolute Gasteiger partial charge is 0.345 e. The third kappa shape index (κ3) is 3.08. The first-order valence-electron chi connectivity index (χ1n) is 9.93. The Morgan fingerprint density at radius 2 is 1.80 bits per heavy atom. The molecule has 0 radical (unpaired) electrons. The average molecular weight is 395 g/mol. The van der Waals surface area contributed by atoms with E-state index >= 15 is 0 Å². The van der Waals surface area contributed by atoms with Crippen LogP contribution in [0.2, 0.25) is 0 Å². The number of hydrogen-bond donors (Lipinski definition) is 3. The number of nitrogens with zero attached hydrogens (tertiary/aromatic N) is 2. The van der Waals surface area contributed by atoms with Crippen molar-refractivity contribution in [1.82, 2.24) is 19.5 Å². The Morgan fingerprint density at radius 1 is 1.00 bits per heavy atom. The summed E-state index contributed by atoms with van der Waals surface area (Å²) in [6.45, 7) is 2.12. The van der Waals surface area contributed by atoms with Gasteiger partial charge < -0.3 is 10.3 Å². The van der Waals surface area contributed by atoms with E-state index in [2.05, 4.69) is 33.3 Å². The molecule has 2 aromatic heterocycles. The molecule has 2 heterocycles. The number of hydrogen-bond acceptors (Lipinski definition) is 3. The van der Waals surface area contributed by atoms with Crippen LogP contribution in [-0.2, 0) is 6.42 Å². The predicted octanol–water partition coefficient (Wildman–Crippen LogP) is 5.01. The van der Waals surface area contributed by atoms with E-state index in [1.807, 2.05) is 66.7 Å². The summed E-state index contributed by atoms with van der Waals surface area (Å²) >= 11 is 0. The number of para-hydroxylation sites is 1. The molecule has 3 aromatic carbocycles. The van der Waals surface area contributed by atoms with E-state index in [9.17, 15) is 4.79 Å². The van der Waals surface area contributed by atoms with E-state index in [1.165, 1.54) is 5.56 Å². The van der Waals surface area contributed by atoms with Gasteiger partial charge in [-0.25, -0.2) is 9.78 Å². The van der Waals surface area contributed by atoms with Gasteiger partial charge in [0, 0.05) is 11.3 Å². The zero-order valence-corrected chi connectivity index (χ0v) is 16.5. The van der Waals surface area contributed by atoms with Gasteiger partial charge in [0.2, 0.25) is 0 Å². The van der Waals surface area contributed by atoms with Crippen molar-refractivity contribution in [2.24, 2.45) is 0 Å². The van der Waals surface area contributed by atoms with Gasteiger partial charge in [-0.2, -0.15) is 0 Å². The molecule has 0 saturated carbocycles. The van der Waals surface area contributed by atoms with Crippen molar-refractivity contribution in [2.45, 2.75) is 13.3 Å². The van der Waals surface area contributed by atoms with Gasteiger partial charge in [-0.1, -0.05) is 55.5 Å². The average Bonchev–Trinajstić information content (AvgIpc) is 3.38. The van der Waals surface area contributed by atoms with Crippen LogP contribution in [-0.4, -0.2) is 19.5 Å². The number of anilines is 2. The first kappa shape index (κ1) is 18.0. The third-order valence-corrected chi connectivity index (χ3v) is 5.26. The Morgan fingerprint density at radius 3 is 2.63 bits per heavy atom. The zero-order valence-electron chi connectivity index (χ0n) is 16.5. The van der Waals surface area contributed by atoms with Crippen LogP contribution in [0.3, 0.4) is 0 Å². The molecule has 148 valence electrons. The minimum absolute atomic E-state index is 0.204. The second kappa shape index (κ2) is 7.40. The summed E-state index contributed by atoms with van der Waals surface area (Å²) in [7, 11) is 0. The van der Waals surface area contributed by atoms with Crippen molar-refractivity contribution < 1.29 is 0 Å². The lowest BCUT2D eigenvalue weighted by atomic mass is 10.1. The van der Waals surface area contributed by atoms with Crippen LogP contribution in [0.1, 0.15) is 12.5 Å². The fourth-order valence-electron chi connectivity index (χ4n) is 3.79. The van der Waals surface area contributed by atoms with Gasteiger partial charge >= 0.3 is 5.69 Å². The highest BCUT2D eigenvalue weighted by atomic mass is 16.1. The van der Waals surface area contributed by atoms with Crippen molar-refractivity contribution >= 4 is 22.5 Å². The smallest absolute Gasteiger partial charge is 0.332 e. The van der Waals surface area contributed by atoms with Gasteiger partial charge in [0.1, 0.15) is 5.82 Å². The monoisotopic (exact) mass is 395 g/mol. The normalized spacial score (nSPS) is 11.1. The summed E-state index contributed by atoms with van der Waals surface area (Å²) < 4.78 is 1.70. The molecule has 30 heavy (non-hydrogen) atoms. The van der Waals surface area contributed by atoms with Crippen molar-refractivity contribution in [3.63, 3.8) is 0 Å². The number of benzene rings is 3. The third-order valence-electron chi connectivity index (χ3n) is 5.26. The Balaban J connectivity index is 1.72. The molecule has 0 bridgehead atoms. The van der Waals surface area contributed by atoms with Gasteiger partial charge in [0.25, 0.3) is 0 Å². The van der Waals surface area contributed by atoms with Gasteiger partial charge in [-0.05, 0) is 36.2 Å². The molecular formula is C24H21N5O. The molecule has 5 aromatic rings. The quantitative estimate of drug-likeness (QED) is 0.391. The summed E-state index contributed by atoms with van der Waals surface area (Å²) in [6, 6.07) is 23.8. The number of aromatic nitrogens is 4. The molecule has 0 atom stereocenters. The molecule has 5 rings (SSSR count). The number of rotatable bonds is 5. The second-order valence-electron chi connectivity index (χ2n) is 7.09. The summed E-state index contributed by atoms with van der Waals surface area (Å²) in [5.74, 6) is 0.664. The van der Waals surface area contributed by atoms with Crippen LogP contribution < -0.4 is 11.0 Å². The molecule has 0 saturated heterocycles. The topological polar surface area (TPSA) is 78.5 Å². The Bertz CT molecular complexity index is 1380. The molecule has 0 aliphatic carbocycles. The van der Waals surface area contributed by atoms with Crippen molar-refractivity contribution in [3.05, 3.63) is 95.2 Å². The fraction of sp³-hybridized carbons (Fsp3) is 0.0833. The van der Waals surface area contributed by atoms with Gasteiger partial charge in [0.05, 0.1) is 28.7 Å². The van der Waals surface area contributed by atoms with E-state index in [1.54, 1.807) is 10.9 Å². The number of H-pyrrole nitrogens is 2. The lowest BCUT2D eigenvalue weighted by molar-refractivity contribution is 0.995. The van der Waals surface area contributed by atoms with Crippen molar-refractivity contribution in [1.29, 1.82) is 0 Å². The number of fused-ring (bicyclic) bond motifs is 1. The second-order valence-corrected chi connectivity index (χ2v) is 7.09. The highest BCUT2D eigenvalue weighted by Gasteiger charge is 2.18. The van der Waals surface area contributed by atoms with Crippen LogP contribution in [0.15, 0.2) is 83.9 Å². The molecule has 6 heteroatoms. The molecule has 0 amide bonds. The minimum Gasteiger partial charge on any atom is -0.345 e. The van der Waals surface area contributed by atoms with Crippen LogP contribution >= 0.6 is 0 Å². The zero-order chi connectivity index (χ0) is 20.5. The standard InChI is InChI=1S/C24H21N5O/c1-2-16-8-6-7-11-19(16)27-23-22(17-9-4-3-5-10-17)29(24(30)28-23)18-12-13-20-21(14-18)26-15-25-20/h3-15,27H,2H2,1H3,(H,25,26)(H,28,30). The number of imidazole rings is 2. The summed E-state index contributed by atoms with van der Waals surface area (Å²) in [5, 5.41) is 3.46. The van der Waals surface area contributed by atoms with Crippen LogP contribution in [0.25, 0.3) is 28.0 Å². The molecule has 6 nitrogen and oxygen atoms in total. The number of aryl methyl sites for hydroxylation is 1. The SMILES string of the molecule is CCc1ccccc1Nc1[nH]c(=O)n(-c2ccc3nc[nH]c3c2)c1-c1ccccc1. The van der Waals surface area contributed by atoms with Gasteiger partial charge in [-0.3, -0.25) is 9.55 Å². The van der Waals surface area contributed by atoms with Crippen molar-refractivity contribution in [2.75, 3.05) is 5.32 Å². The van der Waals surface area contributed by atoms with Crippen LogP contribution in [0.5, 0.6) is 0 Å². The molecule has 0 fully saturated rings. The molecule has 0 spiro atoms. The number of aromatic amines is 2. The first-order valence-corrected chi connectivity index (χ1v) is 9.93. The van der Waals surface area contributed by atoms with Crippen LogP contribution in [0, 0.1) is 0 Å². The highest BCUT2D eigenvalue weighted by molar-refractivity contribution is 5.81. The summed E-state index contributed by atoms with van der Waals surface area (Å²) in [4.78, 5) is 23.5. The Hall–Kier alpha value is -4.06. The lowest BCUT2D eigenvalue weighted by Crippen LogP contribution is -2.15. The Labute approximate surface area is 173 Å². The molecule has 0 aliphatic heterocycles. The minimum atomic E-state index is -0.204. The molecule has 0 unspecified atom stereocenters. The predicted molar refractivity (Wildman–Crippen MR) is 121 cm³/mol. The van der Waals surface area contributed by atoms with E-state index in [0.717, 1.165) is 40.1 Å². The van der Waals surface area contributed by atoms with E-state index in [-0.39, 0.29) is 5.69 Å². The highest BCUT2D eigenvalue weighted by Crippen LogP contribution is 2.31. The molecule has 0 aliphatic rings. The Kier molecular flexibility index (Phi) is 4.44. The van der Waals surface area contributed by atoms with Crippen molar-refractivity contribution in [3.8, 4) is 16.9 Å². The summed E-state index contributed by atoms with van der Waals surface area (Å²) in [5.41, 5.74) is 6.19. The first-order chi connectivity index (χ1) is 14.7. The van der Waals surface area contributed by atoms with Gasteiger partial charge in [-0.15, -0.1) is 0 Å².